The lowest BCUT2D eigenvalue weighted by atomic mass is 10.0. The van der Waals surface area contributed by atoms with Crippen molar-refractivity contribution in [1.82, 2.24) is 0 Å². The number of rotatable bonds is 4. The summed E-state index contributed by atoms with van der Waals surface area (Å²) in [5.41, 5.74) is 5.03. The molecule has 2 aromatic carbocycles. The molecule has 0 aromatic heterocycles. The van der Waals surface area contributed by atoms with Crippen LogP contribution in [0.5, 0.6) is 0 Å². The zero-order chi connectivity index (χ0) is 13.0. The molecular weight excluding hydrogens is 240 g/mol. The summed E-state index contributed by atoms with van der Waals surface area (Å²) in [5.74, 6) is 0. The molecule has 0 aliphatic carbocycles. The van der Waals surface area contributed by atoms with Crippen LogP contribution in [0.4, 0.5) is 0 Å². The second-order valence-electron chi connectivity index (χ2n) is 4.55. The van der Waals surface area contributed by atoms with Crippen molar-refractivity contribution < 1.29 is 0 Å². The van der Waals surface area contributed by atoms with Crippen LogP contribution < -0.4 is 0 Å². The van der Waals surface area contributed by atoms with Crippen molar-refractivity contribution in [1.29, 1.82) is 0 Å². The molecule has 0 heterocycles. The average Bonchev–Trinajstić information content (AvgIpc) is 2.47. The van der Waals surface area contributed by atoms with Crippen molar-refractivity contribution in [3.05, 3.63) is 70.8 Å². The van der Waals surface area contributed by atoms with Crippen LogP contribution in [-0.2, 0) is 12.8 Å². The van der Waals surface area contributed by atoms with Crippen molar-refractivity contribution in [2.45, 2.75) is 32.1 Å². The third kappa shape index (κ3) is 2.94. The molecule has 0 fully saturated rings. The molecule has 0 nitrogen and oxygen atoms in total. The first kappa shape index (κ1) is 13.2. The van der Waals surface area contributed by atoms with E-state index in [9.17, 15) is 0 Å². The van der Waals surface area contributed by atoms with Crippen LogP contribution in [0.25, 0.3) is 0 Å². The summed E-state index contributed by atoms with van der Waals surface area (Å²) in [7, 11) is 0. The van der Waals surface area contributed by atoms with Gasteiger partial charge >= 0.3 is 0 Å². The summed E-state index contributed by atoms with van der Waals surface area (Å²) < 4.78 is 0. The smallest absolute Gasteiger partial charge is 0.0835 e. The predicted molar refractivity (Wildman–Crippen MR) is 79.3 cm³/mol. The van der Waals surface area contributed by atoms with E-state index in [1.807, 2.05) is 0 Å². The van der Waals surface area contributed by atoms with Gasteiger partial charge in [0.25, 0.3) is 0 Å². The monoisotopic (exact) mass is 258 g/mol. The number of alkyl halides is 1. The highest BCUT2D eigenvalue weighted by Crippen LogP contribution is 2.29. The first-order valence-electron chi connectivity index (χ1n) is 6.56. The molecule has 0 aliphatic rings. The third-order valence-corrected chi connectivity index (χ3v) is 3.87. The molecule has 0 aliphatic heterocycles. The van der Waals surface area contributed by atoms with Crippen LogP contribution in [0.15, 0.2) is 48.5 Å². The fourth-order valence-corrected chi connectivity index (χ4v) is 2.33. The Morgan fingerprint density at radius 1 is 0.722 bits per heavy atom. The van der Waals surface area contributed by atoms with Crippen molar-refractivity contribution in [2.75, 3.05) is 0 Å². The van der Waals surface area contributed by atoms with Crippen molar-refractivity contribution >= 4 is 11.6 Å². The van der Waals surface area contributed by atoms with Crippen molar-refractivity contribution in [2.24, 2.45) is 0 Å². The number of halogens is 1. The van der Waals surface area contributed by atoms with E-state index in [-0.39, 0.29) is 5.38 Å². The van der Waals surface area contributed by atoms with Crippen LogP contribution in [0.3, 0.4) is 0 Å². The molecule has 0 spiro atoms. The van der Waals surface area contributed by atoms with Gasteiger partial charge in [-0.2, -0.15) is 0 Å². The molecule has 0 unspecified atom stereocenters. The Bertz CT molecular complexity index is 435. The lowest BCUT2D eigenvalue weighted by Crippen LogP contribution is -1.94. The van der Waals surface area contributed by atoms with Crippen LogP contribution in [0, 0.1) is 0 Å². The molecular formula is C17H19Cl. The van der Waals surface area contributed by atoms with E-state index in [0.717, 1.165) is 24.0 Å². The second-order valence-corrected chi connectivity index (χ2v) is 4.99. The zero-order valence-corrected chi connectivity index (χ0v) is 11.7. The SMILES string of the molecule is CCc1ccc(C(Cl)c2ccc(CC)cc2)cc1. The fourth-order valence-electron chi connectivity index (χ4n) is 2.04. The molecule has 0 radical (unpaired) electrons. The summed E-state index contributed by atoms with van der Waals surface area (Å²) in [6.45, 7) is 4.33. The van der Waals surface area contributed by atoms with E-state index >= 15 is 0 Å². The van der Waals surface area contributed by atoms with Crippen LogP contribution in [0.2, 0.25) is 0 Å². The summed E-state index contributed by atoms with van der Waals surface area (Å²) in [6.07, 6.45) is 2.14. The minimum atomic E-state index is -0.0539. The van der Waals surface area contributed by atoms with E-state index < -0.39 is 0 Å². The van der Waals surface area contributed by atoms with E-state index in [1.165, 1.54) is 11.1 Å². The molecule has 2 aromatic rings. The molecule has 2 rings (SSSR count). The van der Waals surface area contributed by atoms with Gasteiger partial charge in [-0.1, -0.05) is 62.4 Å². The summed E-state index contributed by atoms with van der Waals surface area (Å²) in [4.78, 5) is 0. The predicted octanol–water partition coefficient (Wildman–Crippen LogP) is 5.14. The highest BCUT2D eigenvalue weighted by molar-refractivity contribution is 6.22. The molecule has 18 heavy (non-hydrogen) atoms. The topological polar surface area (TPSA) is 0 Å². The molecule has 0 saturated heterocycles. The Kier molecular flexibility index (Phi) is 4.43. The molecule has 0 saturated carbocycles. The maximum atomic E-state index is 6.52. The van der Waals surface area contributed by atoms with Crippen LogP contribution >= 0.6 is 11.6 Å². The Balaban J connectivity index is 2.20. The van der Waals surface area contributed by atoms with Gasteiger partial charge in [-0.15, -0.1) is 11.6 Å². The molecule has 0 atom stereocenters. The first-order valence-corrected chi connectivity index (χ1v) is 7.00. The van der Waals surface area contributed by atoms with Gasteiger partial charge in [0.1, 0.15) is 0 Å². The molecule has 94 valence electrons. The van der Waals surface area contributed by atoms with Gasteiger partial charge in [-0.05, 0) is 35.1 Å². The quantitative estimate of drug-likeness (QED) is 0.666. The van der Waals surface area contributed by atoms with Crippen molar-refractivity contribution in [3.8, 4) is 0 Å². The maximum absolute atomic E-state index is 6.52. The van der Waals surface area contributed by atoms with E-state index in [0.29, 0.717) is 0 Å². The summed E-state index contributed by atoms with van der Waals surface area (Å²) in [6, 6.07) is 17.1. The van der Waals surface area contributed by atoms with Gasteiger partial charge in [0.05, 0.1) is 5.38 Å². The third-order valence-electron chi connectivity index (χ3n) is 3.36. The fraction of sp³-hybridized carbons (Fsp3) is 0.294. The van der Waals surface area contributed by atoms with E-state index in [4.69, 9.17) is 11.6 Å². The largest absolute Gasteiger partial charge is 0.113 e. The number of aryl methyl sites for hydroxylation is 2. The minimum Gasteiger partial charge on any atom is -0.113 e. The molecule has 0 bridgehead atoms. The zero-order valence-electron chi connectivity index (χ0n) is 11.0. The lowest BCUT2D eigenvalue weighted by Gasteiger charge is -2.11. The lowest BCUT2D eigenvalue weighted by molar-refractivity contribution is 1.09. The van der Waals surface area contributed by atoms with Crippen molar-refractivity contribution in [3.63, 3.8) is 0 Å². The molecule has 1 heteroatoms. The number of benzene rings is 2. The highest BCUT2D eigenvalue weighted by Gasteiger charge is 2.10. The summed E-state index contributed by atoms with van der Waals surface area (Å²) in [5, 5.41) is -0.0539. The Morgan fingerprint density at radius 3 is 1.33 bits per heavy atom. The van der Waals surface area contributed by atoms with E-state index in [1.54, 1.807) is 0 Å². The normalized spacial score (nSPS) is 10.9. The van der Waals surface area contributed by atoms with Gasteiger partial charge in [0.2, 0.25) is 0 Å². The maximum Gasteiger partial charge on any atom is 0.0835 e. The van der Waals surface area contributed by atoms with Gasteiger partial charge in [0.15, 0.2) is 0 Å². The van der Waals surface area contributed by atoms with Gasteiger partial charge in [-0.3, -0.25) is 0 Å². The summed E-state index contributed by atoms with van der Waals surface area (Å²) >= 11 is 6.52. The van der Waals surface area contributed by atoms with Gasteiger partial charge in [-0.25, -0.2) is 0 Å². The van der Waals surface area contributed by atoms with Gasteiger partial charge in [0, 0.05) is 0 Å². The Labute approximate surface area is 115 Å². The minimum absolute atomic E-state index is 0.0539. The number of hydrogen-bond acceptors (Lipinski definition) is 0. The second kappa shape index (κ2) is 6.06. The highest BCUT2D eigenvalue weighted by atomic mass is 35.5. The standard InChI is InChI=1S/C17H19Cl/c1-3-13-5-9-15(10-6-13)17(18)16-11-7-14(4-2)8-12-16/h5-12,17H,3-4H2,1-2H3. The number of hydrogen-bond donors (Lipinski definition) is 0. The molecule has 0 N–H and O–H groups in total. The molecule has 0 amide bonds. The van der Waals surface area contributed by atoms with Crippen LogP contribution in [0.1, 0.15) is 41.5 Å². The average molecular weight is 259 g/mol. The Hall–Kier alpha value is -1.27. The Morgan fingerprint density at radius 2 is 1.06 bits per heavy atom. The first-order chi connectivity index (χ1) is 8.74. The van der Waals surface area contributed by atoms with Gasteiger partial charge < -0.3 is 0 Å². The van der Waals surface area contributed by atoms with E-state index in [2.05, 4.69) is 62.4 Å². The van der Waals surface area contributed by atoms with Crippen LogP contribution in [-0.4, -0.2) is 0 Å².